The Bertz CT molecular complexity index is 1320. The molecule has 0 aromatic heterocycles. The molecule has 2 unspecified atom stereocenters. The number of aliphatic hydroxyl groups excluding tert-OH is 1. The molecule has 3 aliphatic heterocycles. The average molecular weight is 536 g/mol. The van der Waals surface area contributed by atoms with Crippen LogP contribution in [0.5, 0.6) is 11.5 Å². The van der Waals surface area contributed by atoms with Gasteiger partial charge in [0, 0.05) is 6.54 Å². The van der Waals surface area contributed by atoms with E-state index in [1.807, 2.05) is 43.3 Å². The lowest BCUT2D eigenvalue weighted by atomic mass is 9.77. The molecular formula is C30H33NO8. The number of ether oxygens (including phenoxy) is 5. The van der Waals surface area contributed by atoms with Gasteiger partial charge in [0.25, 0.3) is 0 Å². The second kappa shape index (κ2) is 10.2. The lowest BCUT2D eigenvalue weighted by Crippen LogP contribution is -2.47. The highest BCUT2D eigenvalue weighted by molar-refractivity contribution is 5.82. The van der Waals surface area contributed by atoms with Gasteiger partial charge >= 0.3 is 11.9 Å². The van der Waals surface area contributed by atoms with E-state index in [2.05, 4.69) is 11.0 Å². The standard InChI is InChI=1S/C30H33NO8/c1-18-5-3-6-19(11-18)16-36-26(33)14-22(32)29(34)39-28-25(35-2)15-30-8-4-9-31(30)10-7-20-12-23-24(38-17-37-23)13-21(20)27(28)30/h3,5-6,11-13,15,22,27-28,32H,4,7-10,14,16-17H2,1-2H3/t22-,27-,28?,30?/m1/s1. The molecule has 9 heteroatoms. The minimum atomic E-state index is -1.66. The summed E-state index contributed by atoms with van der Waals surface area (Å²) in [5.74, 6) is 0.106. The molecule has 1 N–H and O–H groups in total. The van der Waals surface area contributed by atoms with Gasteiger partial charge in [0.15, 0.2) is 23.7 Å². The van der Waals surface area contributed by atoms with Gasteiger partial charge in [-0.1, -0.05) is 29.8 Å². The van der Waals surface area contributed by atoms with E-state index >= 15 is 0 Å². The first-order valence-electron chi connectivity index (χ1n) is 13.4. The predicted octanol–water partition coefficient (Wildman–Crippen LogP) is 3.15. The number of fused-ring (bicyclic) bond motifs is 3. The molecule has 1 aliphatic carbocycles. The number of hydrogen-bond acceptors (Lipinski definition) is 9. The Labute approximate surface area is 227 Å². The van der Waals surface area contributed by atoms with Crippen molar-refractivity contribution in [1.82, 2.24) is 4.90 Å². The van der Waals surface area contributed by atoms with Crippen molar-refractivity contribution in [3.8, 4) is 11.5 Å². The Morgan fingerprint density at radius 3 is 2.79 bits per heavy atom. The van der Waals surface area contributed by atoms with Crippen LogP contribution >= 0.6 is 0 Å². The number of methoxy groups -OCH3 is 1. The molecule has 2 aromatic carbocycles. The second-order valence-electron chi connectivity index (χ2n) is 10.7. The number of benzene rings is 2. The minimum absolute atomic E-state index is 0.0643. The lowest BCUT2D eigenvalue weighted by molar-refractivity contribution is -0.165. The maximum absolute atomic E-state index is 13.1. The van der Waals surface area contributed by atoms with Crippen LogP contribution in [0.4, 0.5) is 0 Å². The van der Waals surface area contributed by atoms with Crippen LogP contribution in [0.3, 0.4) is 0 Å². The van der Waals surface area contributed by atoms with Crippen molar-refractivity contribution in [2.75, 3.05) is 27.0 Å². The third kappa shape index (κ3) is 4.63. The fourth-order valence-electron chi connectivity index (χ4n) is 6.56. The van der Waals surface area contributed by atoms with Crippen molar-refractivity contribution in [2.24, 2.45) is 0 Å². The monoisotopic (exact) mass is 535 g/mol. The highest BCUT2D eigenvalue weighted by Crippen LogP contribution is 2.55. The van der Waals surface area contributed by atoms with Gasteiger partial charge in [-0.05, 0) is 67.6 Å². The molecule has 0 amide bonds. The topological polar surface area (TPSA) is 104 Å². The van der Waals surface area contributed by atoms with Crippen molar-refractivity contribution in [3.05, 3.63) is 70.5 Å². The van der Waals surface area contributed by atoms with E-state index in [4.69, 9.17) is 23.7 Å². The Morgan fingerprint density at radius 2 is 2.00 bits per heavy atom. The molecule has 9 nitrogen and oxygen atoms in total. The zero-order valence-electron chi connectivity index (χ0n) is 22.2. The number of nitrogens with zero attached hydrogens (tertiary/aromatic N) is 1. The van der Waals surface area contributed by atoms with Gasteiger partial charge in [-0.25, -0.2) is 4.79 Å². The molecule has 206 valence electrons. The molecule has 4 atom stereocenters. The number of hydrogen-bond donors (Lipinski definition) is 1. The number of esters is 2. The largest absolute Gasteiger partial charge is 0.497 e. The van der Waals surface area contributed by atoms with E-state index in [-0.39, 0.29) is 24.9 Å². The van der Waals surface area contributed by atoms with Gasteiger partial charge in [0.1, 0.15) is 12.4 Å². The zero-order chi connectivity index (χ0) is 27.1. The molecule has 0 radical (unpaired) electrons. The summed E-state index contributed by atoms with van der Waals surface area (Å²) in [6.45, 7) is 3.97. The lowest BCUT2D eigenvalue weighted by Gasteiger charge is -2.39. The first-order valence-corrected chi connectivity index (χ1v) is 13.4. The number of carbonyl (C=O) groups is 2. The summed E-state index contributed by atoms with van der Waals surface area (Å²) in [6, 6.07) is 11.6. The van der Waals surface area contributed by atoms with Crippen molar-refractivity contribution >= 4 is 11.9 Å². The molecule has 4 aliphatic rings. The van der Waals surface area contributed by atoms with Crippen LogP contribution in [0.1, 0.15) is 47.4 Å². The van der Waals surface area contributed by atoms with E-state index < -0.39 is 30.6 Å². The van der Waals surface area contributed by atoms with Crippen molar-refractivity contribution in [3.63, 3.8) is 0 Å². The van der Waals surface area contributed by atoms with Crippen LogP contribution < -0.4 is 9.47 Å². The molecule has 1 spiro atoms. The van der Waals surface area contributed by atoms with Gasteiger partial charge in [0.05, 0.1) is 25.0 Å². The molecule has 0 saturated carbocycles. The molecule has 0 bridgehead atoms. The third-order valence-electron chi connectivity index (χ3n) is 8.32. The summed E-state index contributed by atoms with van der Waals surface area (Å²) in [7, 11) is 1.56. The Balaban J connectivity index is 1.21. The fraction of sp³-hybridized carbons (Fsp3) is 0.467. The predicted molar refractivity (Wildman–Crippen MR) is 139 cm³/mol. The van der Waals surface area contributed by atoms with Crippen molar-refractivity contribution < 1.29 is 38.4 Å². The van der Waals surface area contributed by atoms with Gasteiger partial charge in [0.2, 0.25) is 6.79 Å². The molecule has 39 heavy (non-hydrogen) atoms. The Morgan fingerprint density at radius 1 is 1.18 bits per heavy atom. The SMILES string of the molecule is COC1=CC23CCCN2CCc2cc4c(cc2[C@@H]3C1OC(=O)[C@H](O)CC(=O)OCc1cccc(C)c1)OCO4. The van der Waals surface area contributed by atoms with Crippen LogP contribution in [0.2, 0.25) is 0 Å². The quantitative estimate of drug-likeness (QED) is 0.536. The van der Waals surface area contributed by atoms with Crippen molar-refractivity contribution in [1.29, 1.82) is 0 Å². The van der Waals surface area contributed by atoms with Crippen LogP contribution in [0.25, 0.3) is 0 Å². The maximum atomic E-state index is 13.1. The van der Waals surface area contributed by atoms with E-state index in [1.54, 1.807) is 7.11 Å². The summed E-state index contributed by atoms with van der Waals surface area (Å²) >= 11 is 0. The molecular weight excluding hydrogens is 502 g/mol. The Kier molecular flexibility index (Phi) is 6.72. The van der Waals surface area contributed by atoms with Crippen LogP contribution in [-0.2, 0) is 36.8 Å². The van der Waals surface area contributed by atoms with Crippen LogP contribution in [0.15, 0.2) is 48.2 Å². The van der Waals surface area contributed by atoms with Gasteiger partial charge in [-0.15, -0.1) is 0 Å². The molecule has 1 saturated heterocycles. The zero-order valence-corrected chi connectivity index (χ0v) is 22.2. The second-order valence-corrected chi connectivity index (χ2v) is 10.7. The maximum Gasteiger partial charge on any atom is 0.336 e. The Hall–Kier alpha value is -3.56. The summed E-state index contributed by atoms with van der Waals surface area (Å²) < 4.78 is 28.3. The normalized spacial score (nSPS) is 25.6. The average Bonchev–Trinajstić information content (AvgIpc) is 3.61. The molecule has 2 aromatic rings. The fourth-order valence-corrected chi connectivity index (χ4v) is 6.56. The van der Waals surface area contributed by atoms with Crippen LogP contribution in [0, 0.1) is 6.92 Å². The minimum Gasteiger partial charge on any atom is -0.497 e. The summed E-state index contributed by atoms with van der Waals surface area (Å²) in [5.41, 5.74) is 3.64. The van der Waals surface area contributed by atoms with Gasteiger partial charge in [-0.2, -0.15) is 0 Å². The third-order valence-corrected chi connectivity index (χ3v) is 8.32. The highest BCUT2D eigenvalue weighted by atomic mass is 16.7. The number of rotatable bonds is 7. The van der Waals surface area contributed by atoms with Gasteiger partial charge in [-0.3, -0.25) is 9.69 Å². The molecule has 6 rings (SSSR count). The summed E-state index contributed by atoms with van der Waals surface area (Å²) in [6.07, 6.45) is 1.90. The van der Waals surface area contributed by atoms with E-state index in [0.29, 0.717) is 11.5 Å². The number of carbonyl (C=O) groups excluding carboxylic acids is 2. The van der Waals surface area contributed by atoms with E-state index in [0.717, 1.165) is 60.4 Å². The number of aliphatic hydroxyl groups is 1. The summed E-state index contributed by atoms with van der Waals surface area (Å²) in [5, 5.41) is 10.6. The highest BCUT2D eigenvalue weighted by Gasteiger charge is 2.58. The van der Waals surface area contributed by atoms with E-state index in [9.17, 15) is 14.7 Å². The smallest absolute Gasteiger partial charge is 0.336 e. The number of aryl methyl sites for hydroxylation is 1. The first-order chi connectivity index (χ1) is 18.9. The molecule has 3 heterocycles. The molecule has 1 fully saturated rings. The van der Waals surface area contributed by atoms with Crippen molar-refractivity contribution in [2.45, 2.75) is 62.9 Å². The van der Waals surface area contributed by atoms with Gasteiger partial charge < -0.3 is 28.8 Å². The van der Waals surface area contributed by atoms with E-state index in [1.165, 1.54) is 0 Å². The van der Waals surface area contributed by atoms with Crippen LogP contribution in [-0.4, -0.2) is 66.7 Å². The summed E-state index contributed by atoms with van der Waals surface area (Å²) in [4.78, 5) is 28.0. The first kappa shape index (κ1) is 25.7.